The van der Waals surface area contributed by atoms with Gasteiger partial charge in [-0.1, -0.05) is 19.9 Å². The largest absolute Gasteiger partial charge is 0.480 e. The normalized spacial score (nSPS) is 16.5. The van der Waals surface area contributed by atoms with Crippen LogP contribution in [-0.2, 0) is 4.79 Å². The zero-order valence-corrected chi connectivity index (χ0v) is 10.6. The fraction of sp³-hybridized carbons (Fsp3) is 0.583. The monoisotopic (exact) mass is 241 g/mol. The lowest BCUT2D eigenvalue weighted by atomic mass is 9.92. The Labute approximate surface area is 101 Å². The van der Waals surface area contributed by atoms with Crippen molar-refractivity contribution < 1.29 is 9.90 Å². The van der Waals surface area contributed by atoms with Crippen LogP contribution in [0.1, 0.15) is 33.1 Å². The quantitative estimate of drug-likeness (QED) is 0.777. The van der Waals surface area contributed by atoms with Gasteiger partial charge < -0.3 is 10.4 Å². The Morgan fingerprint density at radius 1 is 1.56 bits per heavy atom. The van der Waals surface area contributed by atoms with Crippen molar-refractivity contribution in [1.29, 1.82) is 0 Å². The predicted octanol–water partition coefficient (Wildman–Crippen LogP) is 2.75. The van der Waals surface area contributed by atoms with Gasteiger partial charge in [0.2, 0.25) is 0 Å². The van der Waals surface area contributed by atoms with Gasteiger partial charge in [0.05, 0.1) is 0 Å². The number of allylic oxidation sites excluding steroid dienone is 2. The molecule has 2 N–H and O–H groups in total. The SMILES string of the molecule is CCC(CC)(NC1=CCCSC=C1)C(=O)O. The zero-order chi connectivity index (χ0) is 12.0. The molecule has 90 valence electrons. The van der Waals surface area contributed by atoms with Crippen LogP contribution >= 0.6 is 11.8 Å². The van der Waals surface area contributed by atoms with Gasteiger partial charge in [0.25, 0.3) is 0 Å². The van der Waals surface area contributed by atoms with Gasteiger partial charge in [-0.25, -0.2) is 4.79 Å². The third-order valence-electron chi connectivity index (χ3n) is 2.94. The third-order valence-corrected chi connectivity index (χ3v) is 3.74. The van der Waals surface area contributed by atoms with Crippen molar-refractivity contribution >= 4 is 17.7 Å². The molecule has 0 spiro atoms. The van der Waals surface area contributed by atoms with Crippen LogP contribution in [0.4, 0.5) is 0 Å². The fourth-order valence-electron chi connectivity index (χ4n) is 1.69. The summed E-state index contributed by atoms with van der Waals surface area (Å²) in [6.07, 6.45) is 6.16. The third kappa shape index (κ3) is 3.04. The molecule has 0 atom stereocenters. The van der Waals surface area contributed by atoms with E-state index in [9.17, 15) is 9.90 Å². The summed E-state index contributed by atoms with van der Waals surface area (Å²) in [6, 6.07) is 0. The summed E-state index contributed by atoms with van der Waals surface area (Å²) in [6.45, 7) is 3.81. The van der Waals surface area contributed by atoms with Gasteiger partial charge in [0.15, 0.2) is 0 Å². The van der Waals surface area contributed by atoms with Crippen molar-refractivity contribution in [2.75, 3.05) is 5.75 Å². The van der Waals surface area contributed by atoms with Gasteiger partial charge in [0, 0.05) is 11.4 Å². The molecular formula is C12H19NO2S. The van der Waals surface area contributed by atoms with Crippen molar-refractivity contribution in [3.8, 4) is 0 Å². The van der Waals surface area contributed by atoms with Crippen molar-refractivity contribution in [2.45, 2.75) is 38.6 Å². The minimum atomic E-state index is -0.828. The van der Waals surface area contributed by atoms with E-state index < -0.39 is 11.5 Å². The van der Waals surface area contributed by atoms with Crippen LogP contribution in [0.3, 0.4) is 0 Å². The maximum Gasteiger partial charge on any atom is 0.329 e. The molecule has 0 aliphatic carbocycles. The van der Waals surface area contributed by atoms with Crippen LogP contribution < -0.4 is 5.32 Å². The smallest absolute Gasteiger partial charge is 0.329 e. The van der Waals surface area contributed by atoms with Crippen molar-refractivity contribution in [2.24, 2.45) is 0 Å². The minimum Gasteiger partial charge on any atom is -0.480 e. The number of hydrogen-bond acceptors (Lipinski definition) is 3. The van der Waals surface area contributed by atoms with Gasteiger partial charge in [-0.2, -0.15) is 0 Å². The molecule has 4 heteroatoms. The average Bonchev–Trinajstić information content (AvgIpc) is 2.54. The molecule has 1 aliphatic rings. The molecule has 0 aromatic carbocycles. The average molecular weight is 241 g/mol. The zero-order valence-electron chi connectivity index (χ0n) is 9.82. The van der Waals surface area contributed by atoms with E-state index in [-0.39, 0.29) is 0 Å². The second-order valence-electron chi connectivity index (χ2n) is 3.84. The molecule has 0 saturated heterocycles. The molecule has 1 heterocycles. The number of thioether (sulfide) groups is 1. The van der Waals surface area contributed by atoms with Crippen LogP contribution in [-0.4, -0.2) is 22.4 Å². The number of hydrogen-bond donors (Lipinski definition) is 2. The van der Waals surface area contributed by atoms with E-state index in [0.29, 0.717) is 12.8 Å². The van der Waals surface area contributed by atoms with Gasteiger partial charge >= 0.3 is 5.97 Å². The highest BCUT2D eigenvalue weighted by atomic mass is 32.2. The summed E-state index contributed by atoms with van der Waals surface area (Å²) in [7, 11) is 0. The van der Waals surface area contributed by atoms with Crippen LogP contribution in [0.15, 0.2) is 23.3 Å². The van der Waals surface area contributed by atoms with Crippen LogP contribution in [0.5, 0.6) is 0 Å². The van der Waals surface area contributed by atoms with E-state index in [1.165, 1.54) is 0 Å². The van der Waals surface area contributed by atoms with E-state index in [0.717, 1.165) is 17.9 Å². The molecule has 0 bridgehead atoms. The standard InChI is InChI=1S/C12H19NO2S/c1-3-12(4-2,11(14)15)13-10-6-5-8-16-9-7-10/h6-7,9,13H,3-5,8H2,1-2H3,(H,14,15). The second-order valence-corrected chi connectivity index (χ2v) is 4.85. The Morgan fingerprint density at radius 2 is 2.25 bits per heavy atom. The molecular weight excluding hydrogens is 222 g/mol. The molecule has 0 aromatic rings. The molecule has 0 aromatic heterocycles. The van der Waals surface area contributed by atoms with Gasteiger partial charge in [-0.15, -0.1) is 11.8 Å². The van der Waals surface area contributed by atoms with Crippen LogP contribution in [0.2, 0.25) is 0 Å². The number of carboxylic acid groups (broad SMARTS) is 1. The number of carbonyl (C=O) groups is 1. The Bertz CT molecular complexity index is 306. The summed E-state index contributed by atoms with van der Waals surface area (Å²) >= 11 is 1.75. The van der Waals surface area contributed by atoms with Crippen LogP contribution in [0, 0.1) is 0 Å². The fourth-order valence-corrected chi connectivity index (χ4v) is 2.32. The second kappa shape index (κ2) is 5.99. The summed E-state index contributed by atoms with van der Waals surface area (Å²) in [5, 5.41) is 14.5. The Balaban J connectivity index is 2.82. The number of nitrogens with one attached hydrogen (secondary N) is 1. The summed E-state index contributed by atoms with van der Waals surface area (Å²) in [5.41, 5.74) is 0.0988. The first-order valence-corrected chi connectivity index (χ1v) is 6.69. The van der Waals surface area contributed by atoms with E-state index in [2.05, 4.69) is 11.4 Å². The highest BCUT2D eigenvalue weighted by Gasteiger charge is 2.34. The van der Waals surface area contributed by atoms with E-state index in [4.69, 9.17) is 0 Å². The summed E-state index contributed by atoms with van der Waals surface area (Å²) < 4.78 is 0. The molecule has 16 heavy (non-hydrogen) atoms. The molecule has 0 unspecified atom stereocenters. The van der Waals surface area contributed by atoms with Crippen LogP contribution in [0.25, 0.3) is 0 Å². The van der Waals surface area contributed by atoms with Crippen molar-refractivity contribution in [3.05, 3.63) is 23.3 Å². The summed E-state index contributed by atoms with van der Waals surface area (Å²) in [5.74, 6) is 0.281. The maximum atomic E-state index is 11.3. The Hall–Kier alpha value is -0.900. The first-order chi connectivity index (χ1) is 7.64. The number of rotatable bonds is 5. The topological polar surface area (TPSA) is 49.3 Å². The van der Waals surface area contributed by atoms with Gasteiger partial charge in [0.1, 0.15) is 5.54 Å². The number of carboxylic acids is 1. The lowest BCUT2D eigenvalue weighted by molar-refractivity contribution is -0.144. The summed E-state index contributed by atoms with van der Waals surface area (Å²) in [4.78, 5) is 11.3. The predicted molar refractivity (Wildman–Crippen MR) is 68.4 cm³/mol. The molecule has 0 saturated carbocycles. The maximum absolute atomic E-state index is 11.3. The van der Waals surface area contributed by atoms with Crippen molar-refractivity contribution in [3.63, 3.8) is 0 Å². The molecule has 3 nitrogen and oxygen atoms in total. The molecule has 1 rings (SSSR count). The number of aliphatic carboxylic acids is 1. The van der Waals surface area contributed by atoms with Gasteiger partial charge in [-0.05, 0) is 30.7 Å². The molecule has 0 fully saturated rings. The lowest BCUT2D eigenvalue weighted by Crippen LogP contribution is -2.50. The Kier molecular flexibility index (Phi) is 4.93. The first kappa shape index (κ1) is 13.2. The van der Waals surface area contributed by atoms with E-state index in [1.54, 1.807) is 11.8 Å². The van der Waals surface area contributed by atoms with E-state index >= 15 is 0 Å². The highest BCUT2D eigenvalue weighted by Crippen LogP contribution is 2.20. The molecule has 0 amide bonds. The van der Waals surface area contributed by atoms with E-state index in [1.807, 2.05) is 25.3 Å². The Morgan fingerprint density at radius 3 is 2.81 bits per heavy atom. The molecule has 0 radical (unpaired) electrons. The molecule has 1 aliphatic heterocycles. The van der Waals surface area contributed by atoms with Crippen molar-refractivity contribution in [1.82, 2.24) is 5.32 Å². The minimum absolute atomic E-state index is 0.581. The first-order valence-electron chi connectivity index (χ1n) is 5.64. The highest BCUT2D eigenvalue weighted by molar-refractivity contribution is 8.02. The lowest BCUT2D eigenvalue weighted by Gasteiger charge is -2.29. The van der Waals surface area contributed by atoms with Gasteiger partial charge in [-0.3, -0.25) is 0 Å².